The molecule has 0 aromatic carbocycles. The molecule has 3 heterocycles. The van der Waals surface area contributed by atoms with Crippen LogP contribution in [0.5, 0.6) is 0 Å². The Morgan fingerprint density at radius 1 is 1.28 bits per heavy atom. The lowest BCUT2D eigenvalue weighted by Gasteiger charge is -2.22. The molecule has 0 fully saturated rings. The van der Waals surface area contributed by atoms with Crippen molar-refractivity contribution in [1.82, 2.24) is 25.2 Å². The van der Waals surface area contributed by atoms with Crippen LogP contribution in [0.25, 0.3) is 5.82 Å². The molecule has 0 saturated heterocycles. The van der Waals surface area contributed by atoms with Gasteiger partial charge in [0.15, 0.2) is 5.96 Å². The van der Waals surface area contributed by atoms with Crippen LogP contribution in [-0.2, 0) is 12.1 Å². The minimum atomic E-state index is -1.14. The van der Waals surface area contributed by atoms with Crippen LogP contribution in [0, 0.1) is 6.92 Å². The van der Waals surface area contributed by atoms with Gasteiger partial charge in [-0.25, -0.2) is 15.0 Å². The van der Waals surface area contributed by atoms with Gasteiger partial charge in [0.2, 0.25) is 0 Å². The van der Waals surface area contributed by atoms with Crippen molar-refractivity contribution in [1.29, 1.82) is 0 Å². The summed E-state index contributed by atoms with van der Waals surface area (Å²) < 4.78 is 7.40. The first-order chi connectivity index (χ1) is 13.5. The molecule has 0 bridgehead atoms. The average molecular weight is 510 g/mol. The minimum Gasteiger partial charge on any atom is -0.463 e. The number of hydrogen-bond acceptors (Lipinski definition) is 5. The van der Waals surface area contributed by atoms with E-state index in [4.69, 9.17) is 4.42 Å². The van der Waals surface area contributed by atoms with Gasteiger partial charge in [0.05, 0.1) is 13.1 Å². The number of furan rings is 1. The van der Waals surface area contributed by atoms with Crippen LogP contribution in [0.4, 0.5) is 0 Å². The number of aliphatic hydroxyl groups is 1. The molecule has 0 aliphatic rings. The average Bonchev–Trinajstić information content (AvgIpc) is 3.36. The maximum Gasteiger partial charge on any atom is 0.191 e. The molecule has 9 heteroatoms. The van der Waals surface area contributed by atoms with Crippen LogP contribution < -0.4 is 10.6 Å². The first kappa shape index (κ1) is 22.9. The highest BCUT2D eigenvalue weighted by Crippen LogP contribution is 2.21. The smallest absolute Gasteiger partial charge is 0.191 e. The minimum absolute atomic E-state index is 0. The van der Waals surface area contributed by atoms with E-state index in [9.17, 15) is 5.11 Å². The van der Waals surface area contributed by atoms with Crippen molar-refractivity contribution >= 4 is 29.9 Å². The standard InChI is InChI=1S/C20H26N6O2.HI/c1-4-22-19(25-13-20(3,27)17-6-5-15(2)28-17)24-12-16-7-8-23-18(11-16)26-10-9-21-14-26;/h5-11,14,27H,4,12-13H2,1-3H3,(H2,22,24,25);1H. The van der Waals surface area contributed by atoms with Gasteiger partial charge in [-0.1, -0.05) is 0 Å². The number of nitrogens with zero attached hydrogens (tertiary/aromatic N) is 4. The first-order valence-electron chi connectivity index (χ1n) is 9.22. The van der Waals surface area contributed by atoms with Gasteiger partial charge in [-0.2, -0.15) is 0 Å². The van der Waals surface area contributed by atoms with Crippen molar-refractivity contribution in [2.75, 3.05) is 13.1 Å². The molecule has 29 heavy (non-hydrogen) atoms. The molecule has 0 amide bonds. The quantitative estimate of drug-likeness (QED) is 0.257. The van der Waals surface area contributed by atoms with Gasteiger partial charge in [-0.3, -0.25) is 4.57 Å². The molecule has 0 aliphatic heterocycles. The molecule has 0 radical (unpaired) electrons. The zero-order valence-electron chi connectivity index (χ0n) is 16.8. The Balaban J connectivity index is 0.00000300. The van der Waals surface area contributed by atoms with Gasteiger partial charge < -0.3 is 20.2 Å². The molecule has 8 nitrogen and oxygen atoms in total. The van der Waals surface area contributed by atoms with Crippen molar-refractivity contribution < 1.29 is 9.52 Å². The number of imidazole rings is 1. The lowest BCUT2D eigenvalue weighted by atomic mass is 10.0. The zero-order valence-corrected chi connectivity index (χ0v) is 19.1. The Bertz CT molecular complexity index is 921. The summed E-state index contributed by atoms with van der Waals surface area (Å²) in [5.41, 5.74) is -0.125. The lowest BCUT2D eigenvalue weighted by Crippen LogP contribution is -2.44. The van der Waals surface area contributed by atoms with Gasteiger partial charge in [-0.05, 0) is 50.6 Å². The largest absolute Gasteiger partial charge is 0.463 e. The van der Waals surface area contributed by atoms with Crippen LogP contribution >= 0.6 is 24.0 Å². The van der Waals surface area contributed by atoms with Gasteiger partial charge in [-0.15, -0.1) is 24.0 Å². The molecule has 0 spiro atoms. The van der Waals surface area contributed by atoms with Crippen LogP contribution in [0.3, 0.4) is 0 Å². The fraction of sp³-hybridized carbons (Fsp3) is 0.350. The Morgan fingerprint density at radius 2 is 2.10 bits per heavy atom. The predicted octanol–water partition coefficient (Wildman–Crippen LogP) is 2.75. The second-order valence-electron chi connectivity index (χ2n) is 6.73. The van der Waals surface area contributed by atoms with E-state index in [1.807, 2.05) is 42.8 Å². The number of pyridine rings is 1. The molecule has 3 aromatic heterocycles. The predicted molar refractivity (Wildman–Crippen MR) is 123 cm³/mol. The van der Waals surface area contributed by atoms with E-state index in [1.54, 1.807) is 31.7 Å². The highest BCUT2D eigenvalue weighted by atomic mass is 127. The van der Waals surface area contributed by atoms with Gasteiger partial charge in [0.25, 0.3) is 0 Å². The van der Waals surface area contributed by atoms with Crippen LogP contribution in [0.1, 0.15) is 30.9 Å². The van der Waals surface area contributed by atoms with Crippen molar-refractivity contribution in [2.24, 2.45) is 4.99 Å². The number of rotatable bonds is 7. The molecule has 3 rings (SSSR count). The Morgan fingerprint density at radius 3 is 2.76 bits per heavy atom. The van der Waals surface area contributed by atoms with E-state index in [-0.39, 0.29) is 30.5 Å². The molecule has 0 aliphatic carbocycles. The molecule has 1 atom stereocenters. The summed E-state index contributed by atoms with van der Waals surface area (Å²) in [5, 5.41) is 17.1. The van der Waals surface area contributed by atoms with Crippen molar-refractivity contribution in [2.45, 2.75) is 32.9 Å². The van der Waals surface area contributed by atoms with E-state index < -0.39 is 5.60 Å². The van der Waals surface area contributed by atoms with E-state index in [1.165, 1.54) is 0 Å². The summed E-state index contributed by atoms with van der Waals surface area (Å²) in [5.74, 6) is 2.70. The second-order valence-corrected chi connectivity index (χ2v) is 6.73. The SMILES string of the molecule is CCNC(=NCc1ccnc(-n2ccnc2)c1)NCC(C)(O)c1ccc(C)o1.I. The Hall–Kier alpha value is -2.40. The maximum absolute atomic E-state index is 10.7. The molecular weight excluding hydrogens is 483 g/mol. The molecular formula is C20H27IN6O2. The number of aliphatic imine (C=N–C) groups is 1. The highest BCUT2D eigenvalue weighted by Gasteiger charge is 2.27. The molecule has 156 valence electrons. The molecule has 3 N–H and O–H groups in total. The third-order valence-electron chi connectivity index (χ3n) is 4.21. The van der Waals surface area contributed by atoms with Crippen LogP contribution in [-0.4, -0.2) is 38.7 Å². The summed E-state index contributed by atoms with van der Waals surface area (Å²) in [6.07, 6.45) is 7.02. The summed E-state index contributed by atoms with van der Waals surface area (Å²) in [6, 6.07) is 7.52. The third kappa shape index (κ3) is 6.29. The number of guanidine groups is 1. The third-order valence-corrected chi connectivity index (χ3v) is 4.21. The van der Waals surface area contributed by atoms with Crippen LogP contribution in [0.15, 0.2) is 58.6 Å². The highest BCUT2D eigenvalue weighted by molar-refractivity contribution is 14.0. The summed E-state index contributed by atoms with van der Waals surface area (Å²) in [4.78, 5) is 13.0. The number of aryl methyl sites for hydroxylation is 1. The lowest BCUT2D eigenvalue weighted by molar-refractivity contribution is 0.0378. The Kier molecular flexibility index (Phi) is 8.21. The van der Waals surface area contributed by atoms with Gasteiger partial charge in [0.1, 0.15) is 29.3 Å². The topological polar surface area (TPSA) is 100 Å². The molecule has 1 unspecified atom stereocenters. The van der Waals surface area contributed by atoms with Gasteiger partial charge >= 0.3 is 0 Å². The molecule has 0 saturated carbocycles. The summed E-state index contributed by atoms with van der Waals surface area (Å²) >= 11 is 0. The number of halogens is 1. The Labute approximate surface area is 187 Å². The number of nitrogens with one attached hydrogen (secondary N) is 2. The van der Waals surface area contributed by atoms with Crippen molar-refractivity contribution in [3.8, 4) is 5.82 Å². The van der Waals surface area contributed by atoms with E-state index in [0.717, 1.165) is 17.1 Å². The van der Waals surface area contributed by atoms with E-state index >= 15 is 0 Å². The summed E-state index contributed by atoms with van der Waals surface area (Å²) in [7, 11) is 0. The fourth-order valence-electron chi connectivity index (χ4n) is 2.67. The van der Waals surface area contributed by atoms with E-state index in [0.29, 0.717) is 24.8 Å². The van der Waals surface area contributed by atoms with Crippen molar-refractivity contribution in [3.05, 3.63) is 66.3 Å². The first-order valence-corrected chi connectivity index (χ1v) is 9.22. The monoisotopic (exact) mass is 510 g/mol. The fourth-order valence-corrected chi connectivity index (χ4v) is 2.67. The number of hydrogen-bond donors (Lipinski definition) is 3. The molecule has 3 aromatic rings. The zero-order chi connectivity index (χ0) is 20.0. The van der Waals surface area contributed by atoms with Crippen molar-refractivity contribution in [3.63, 3.8) is 0 Å². The van der Waals surface area contributed by atoms with E-state index in [2.05, 4.69) is 25.6 Å². The second kappa shape index (κ2) is 10.4. The van der Waals surface area contributed by atoms with Crippen LogP contribution in [0.2, 0.25) is 0 Å². The maximum atomic E-state index is 10.7. The van der Waals surface area contributed by atoms with Gasteiger partial charge in [0, 0.05) is 25.1 Å². The summed E-state index contributed by atoms with van der Waals surface area (Å²) in [6.45, 7) is 7.01. The number of aromatic nitrogens is 3. The normalized spacial score (nSPS) is 13.4.